The van der Waals surface area contributed by atoms with Crippen LogP contribution in [0.3, 0.4) is 0 Å². The van der Waals surface area contributed by atoms with Gasteiger partial charge in [0.25, 0.3) is 0 Å². The summed E-state index contributed by atoms with van der Waals surface area (Å²) in [5.41, 5.74) is 1.45. The molecule has 2 N–H and O–H groups in total. The molecule has 0 aliphatic carbocycles. The molecule has 0 radical (unpaired) electrons. The van der Waals surface area contributed by atoms with Gasteiger partial charge in [-0.25, -0.2) is 4.39 Å². The van der Waals surface area contributed by atoms with E-state index in [0.29, 0.717) is 24.9 Å². The number of piperidine rings is 1. The molecule has 2 saturated heterocycles. The molecule has 3 heteroatoms. The first-order chi connectivity index (χ1) is 9.23. The fraction of sp³-hybridized carbons (Fsp3) is 0.625. The number of hydrogen-bond donors (Lipinski definition) is 2. The van der Waals surface area contributed by atoms with Crippen molar-refractivity contribution in [3.63, 3.8) is 0 Å². The molecule has 19 heavy (non-hydrogen) atoms. The van der Waals surface area contributed by atoms with Crippen molar-refractivity contribution in [3.8, 4) is 0 Å². The molecule has 0 saturated carbocycles. The van der Waals surface area contributed by atoms with Crippen LogP contribution >= 0.6 is 0 Å². The third-order valence-electron chi connectivity index (χ3n) is 5.18. The standard InChI is InChI=1S/C16H21FN2/c17-16(9-12-6-7-13(10-16)18-12)15-8-5-11-3-1-2-4-14(11)19-15/h1-4,12-13,15,18-19H,5-10H2. The second kappa shape index (κ2) is 4.20. The molecule has 2 fully saturated rings. The number of para-hydroxylation sites is 1. The fourth-order valence-corrected chi connectivity index (χ4v) is 4.24. The maximum atomic E-state index is 15.4. The lowest BCUT2D eigenvalue weighted by atomic mass is 9.79. The Bertz CT molecular complexity index is 475. The zero-order valence-corrected chi connectivity index (χ0v) is 11.2. The Balaban J connectivity index is 1.57. The maximum absolute atomic E-state index is 15.4. The van der Waals surface area contributed by atoms with Crippen LogP contribution in [0.2, 0.25) is 0 Å². The molecule has 1 aromatic rings. The van der Waals surface area contributed by atoms with Crippen LogP contribution in [0.25, 0.3) is 0 Å². The number of anilines is 1. The molecule has 3 atom stereocenters. The van der Waals surface area contributed by atoms with Crippen LogP contribution in [-0.4, -0.2) is 23.8 Å². The van der Waals surface area contributed by atoms with Crippen LogP contribution < -0.4 is 10.6 Å². The summed E-state index contributed by atoms with van der Waals surface area (Å²) in [5, 5.41) is 7.01. The molecule has 3 aliphatic heterocycles. The van der Waals surface area contributed by atoms with Crippen molar-refractivity contribution < 1.29 is 4.39 Å². The summed E-state index contributed by atoms with van der Waals surface area (Å²) in [6, 6.07) is 9.14. The molecule has 2 nitrogen and oxygen atoms in total. The predicted molar refractivity (Wildman–Crippen MR) is 75.2 cm³/mol. The van der Waals surface area contributed by atoms with Crippen LogP contribution in [0.5, 0.6) is 0 Å². The quantitative estimate of drug-likeness (QED) is 0.811. The van der Waals surface area contributed by atoms with Gasteiger partial charge in [0.2, 0.25) is 0 Å². The van der Waals surface area contributed by atoms with Crippen LogP contribution in [0.4, 0.5) is 10.1 Å². The van der Waals surface area contributed by atoms with Crippen molar-refractivity contribution in [2.45, 2.75) is 62.3 Å². The molecule has 3 unspecified atom stereocenters. The number of alkyl halides is 1. The van der Waals surface area contributed by atoms with E-state index in [1.165, 1.54) is 5.56 Å². The highest BCUT2D eigenvalue weighted by molar-refractivity contribution is 5.54. The van der Waals surface area contributed by atoms with Crippen molar-refractivity contribution in [2.24, 2.45) is 0 Å². The number of benzene rings is 1. The average molecular weight is 260 g/mol. The Kier molecular flexibility index (Phi) is 2.59. The van der Waals surface area contributed by atoms with E-state index in [1.807, 2.05) is 6.07 Å². The molecule has 102 valence electrons. The molecule has 3 aliphatic rings. The fourth-order valence-electron chi connectivity index (χ4n) is 4.24. The van der Waals surface area contributed by atoms with Gasteiger partial charge in [0.05, 0.1) is 6.04 Å². The highest BCUT2D eigenvalue weighted by atomic mass is 19.1. The van der Waals surface area contributed by atoms with Crippen molar-refractivity contribution in [1.82, 2.24) is 5.32 Å². The van der Waals surface area contributed by atoms with E-state index in [4.69, 9.17) is 0 Å². The zero-order chi connectivity index (χ0) is 12.9. The number of fused-ring (bicyclic) bond motifs is 3. The minimum absolute atomic E-state index is 0.00685. The molecule has 4 rings (SSSR count). The average Bonchev–Trinajstić information content (AvgIpc) is 2.78. The second-order valence-electron chi connectivity index (χ2n) is 6.47. The minimum Gasteiger partial charge on any atom is -0.379 e. The number of aryl methyl sites for hydroxylation is 1. The van der Waals surface area contributed by atoms with E-state index in [0.717, 1.165) is 31.4 Å². The summed E-state index contributed by atoms with van der Waals surface area (Å²) in [4.78, 5) is 0. The van der Waals surface area contributed by atoms with Gasteiger partial charge in [-0.3, -0.25) is 0 Å². The van der Waals surface area contributed by atoms with E-state index in [2.05, 4.69) is 28.8 Å². The number of nitrogens with one attached hydrogen (secondary N) is 2. The van der Waals surface area contributed by atoms with E-state index in [9.17, 15) is 0 Å². The van der Waals surface area contributed by atoms with Gasteiger partial charge in [-0.05, 0) is 50.2 Å². The van der Waals surface area contributed by atoms with Gasteiger partial charge in [0, 0.05) is 17.8 Å². The Morgan fingerprint density at radius 3 is 2.58 bits per heavy atom. The van der Waals surface area contributed by atoms with Gasteiger partial charge in [-0.2, -0.15) is 0 Å². The lowest BCUT2D eigenvalue weighted by Gasteiger charge is -2.43. The largest absolute Gasteiger partial charge is 0.379 e. The first-order valence-electron chi connectivity index (χ1n) is 7.52. The number of halogens is 1. The highest BCUT2D eigenvalue weighted by Gasteiger charge is 2.49. The van der Waals surface area contributed by atoms with Crippen LogP contribution in [0.15, 0.2) is 24.3 Å². The maximum Gasteiger partial charge on any atom is 0.134 e. The third kappa shape index (κ3) is 1.95. The normalized spacial score (nSPS) is 40.6. The molecular formula is C16H21FN2. The summed E-state index contributed by atoms with van der Waals surface area (Å²) in [7, 11) is 0. The topological polar surface area (TPSA) is 24.1 Å². The lowest BCUT2D eigenvalue weighted by Crippen LogP contribution is -2.55. The van der Waals surface area contributed by atoms with E-state index < -0.39 is 5.67 Å². The third-order valence-corrected chi connectivity index (χ3v) is 5.18. The number of hydrogen-bond acceptors (Lipinski definition) is 2. The second-order valence-corrected chi connectivity index (χ2v) is 6.47. The van der Waals surface area contributed by atoms with Gasteiger partial charge in [-0.1, -0.05) is 18.2 Å². The lowest BCUT2D eigenvalue weighted by molar-refractivity contribution is 0.0636. The number of rotatable bonds is 1. The smallest absolute Gasteiger partial charge is 0.134 e. The van der Waals surface area contributed by atoms with Gasteiger partial charge in [0.15, 0.2) is 0 Å². The van der Waals surface area contributed by atoms with E-state index in [-0.39, 0.29) is 6.04 Å². The minimum atomic E-state index is -1.02. The Morgan fingerprint density at radius 2 is 1.79 bits per heavy atom. The zero-order valence-electron chi connectivity index (χ0n) is 11.2. The highest BCUT2D eigenvalue weighted by Crippen LogP contribution is 2.42. The molecule has 0 spiro atoms. The van der Waals surface area contributed by atoms with Gasteiger partial charge in [-0.15, -0.1) is 0 Å². The first kappa shape index (κ1) is 11.7. The molecule has 1 aromatic carbocycles. The van der Waals surface area contributed by atoms with E-state index in [1.54, 1.807) is 0 Å². The summed E-state index contributed by atoms with van der Waals surface area (Å²) in [6.07, 6.45) is 5.60. The van der Waals surface area contributed by atoms with Crippen LogP contribution in [0.1, 0.15) is 37.7 Å². The molecule has 0 aromatic heterocycles. The van der Waals surface area contributed by atoms with Crippen molar-refractivity contribution >= 4 is 5.69 Å². The molecule has 0 amide bonds. The first-order valence-corrected chi connectivity index (χ1v) is 7.52. The summed E-state index contributed by atoms with van der Waals surface area (Å²) in [5.74, 6) is 0. The molecule has 3 heterocycles. The van der Waals surface area contributed by atoms with Crippen LogP contribution in [-0.2, 0) is 6.42 Å². The van der Waals surface area contributed by atoms with Gasteiger partial charge < -0.3 is 10.6 Å². The van der Waals surface area contributed by atoms with Gasteiger partial charge in [0.1, 0.15) is 5.67 Å². The predicted octanol–water partition coefficient (Wildman–Crippen LogP) is 3.04. The van der Waals surface area contributed by atoms with Crippen molar-refractivity contribution in [3.05, 3.63) is 29.8 Å². The Labute approximate surface area is 113 Å². The Hall–Kier alpha value is -1.09. The summed E-state index contributed by atoms with van der Waals surface area (Å²) < 4.78 is 15.4. The van der Waals surface area contributed by atoms with Crippen molar-refractivity contribution in [1.29, 1.82) is 0 Å². The summed E-state index contributed by atoms with van der Waals surface area (Å²) >= 11 is 0. The summed E-state index contributed by atoms with van der Waals surface area (Å²) in [6.45, 7) is 0. The molecular weight excluding hydrogens is 239 g/mol. The van der Waals surface area contributed by atoms with Crippen LogP contribution in [0, 0.1) is 0 Å². The SMILES string of the molecule is FC1(C2CCc3ccccc3N2)CC2CCC(C1)N2. The Morgan fingerprint density at radius 1 is 1.05 bits per heavy atom. The van der Waals surface area contributed by atoms with Gasteiger partial charge >= 0.3 is 0 Å². The monoisotopic (exact) mass is 260 g/mol. The van der Waals surface area contributed by atoms with Crippen molar-refractivity contribution in [2.75, 3.05) is 5.32 Å². The van der Waals surface area contributed by atoms with E-state index >= 15 is 4.39 Å². The molecule has 2 bridgehead atoms.